The summed E-state index contributed by atoms with van der Waals surface area (Å²) >= 11 is 11.9. The quantitative estimate of drug-likeness (QED) is 0.540. The molecule has 132 valence electrons. The third-order valence-corrected chi connectivity index (χ3v) is 5.17. The molecule has 0 aromatic heterocycles. The van der Waals surface area contributed by atoms with Crippen LogP contribution in [0.5, 0.6) is 5.75 Å². The van der Waals surface area contributed by atoms with Crippen LogP contribution in [0.15, 0.2) is 36.4 Å². The molecule has 2 aromatic carbocycles. The van der Waals surface area contributed by atoms with E-state index >= 15 is 0 Å². The minimum absolute atomic E-state index is 0.110. The summed E-state index contributed by atoms with van der Waals surface area (Å²) in [5, 5.41) is 15.0. The monoisotopic (exact) mass is 391 g/mol. The first-order chi connectivity index (χ1) is 12.3. The summed E-state index contributed by atoms with van der Waals surface area (Å²) in [6, 6.07) is 8.39. The first-order valence-corrected chi connectivity index (χ1v) is 8.31. The number of nitrogens with one attached hydrogen (secondary N) is 2. The smallest absolute Gasteiger partial charge is 0.323 e. The van der Waals surface area contributed by atoms with Crippen molar-refractivity contribution in [1.82, 2.24) is 10.6 Å². The van der Waals surface area contributed by atoms with E-state index in [4.69, 9.17) is 23.2 Å². The number of urea groups is 1. The van der Waals surface area contributed by atoms with Gasteiger partial charge in [-0.05, 0) is 35.9 Å². The minimum Gasteiger partial charge on any atom is -0.508 e. The summed E-state index contributed by atoms with van der Waals surface area (Å²) in [5.74, 6) is -1.52. The van der Waals surface area contributed by atoms with Crippen LogP contribution in [0.25, 0.3) is 0 Å². The summed E-state index contributed by atoms with van der Waals surface area (Å²) in [5.41, 5.74) is -0.572. The number of phenols is 1. The Kier molecular flexibility index (Phi) is 3.61. The number of fused-ring (bicyclic) bond motifs is 2. The molecular weight excluding hydrogens is 381 g/mol. The number of nitrogens with zero attached hydrogens (tertiary/aromatic N) is 1. The average Bonchev–Trinajstić information content (AvgIpc) is 3.01. The van der Waals surface area contributed by atoms with Crippen LogP contribution in [0.1, 0.15) is 11.1 Å². The number of amides is 4. The lowest BCUT2D eigenvalue weighted by Crippen LogP contribution is -2.52. The highest BCUT2D eigenvalue weighted by atomic mass is 35.5. The lowest BCUT2D eigenvalue weighted by Gasteiger charge is -2.21. The Labute approximate surface area is 157 Å². The second-order valence-corrected chi connectivity index (χ2v) is 6.81. The molecule has 7 nitrogen and oxygen atoms in total. The summed E-state index contributed by atoms with van der Waals surface area (Å²) in [4.78, 5) is 38.6. The molecule has 9 heteroatoms. The largest absolute Gasteiger partial charge is 0.508 e. The van der Waals surface area contributed by atoms with Gasteiger partial charge in [0.2, 0.25) is 5.54 Å². The number of hydrogen-bond acceptors (Lipinski definition) is 4. The van der Waals surface area contributed by atoms with Gasteiger partial charge in [-0.25, -0.2) is 4.79 Å². The standard InChI is InChI=1S/C17H11Cl2N3O4/c18-11-3-1-8(5-12(11)19)7-22-13-4-2-9(23)6-10(13)17(15(22)25)14(24)20-16(26)21-17/h1-6,23H,7H2,(H2,20,21,24,26). The van der Waals surface area contributed by atoms with Gasteiger partial charge in [-0.1, -0.05) is 29.3 Å². The molecule has 2 aliphatic rings. The molecule has 0 bridgehead atoms. The number of halogens is 2. The first-order valence-electron chi connectivity index (χ1n) is 7.56. The van der Waals surface area contributed by atoms with Crippen LogP contribution in [0.4, 0.5) is 10.5 Å². The number of anilines is 1. The highest BCUT2D eigenvalue weighted by Gasteiger charge is 2.61. The van der Waals surface area contributed by atoms with Crippen molar-refractivity contribution in [2.45, 2.75) is 12.1 Å². The number of imide groups is 1. The molecule has 1 unspecified atom stereocenters. The van der Waals surface area contributed by atoms with Gasteiger partial charge in [-0.3, -0.25) is 14.9 Å². The second-order valence-electron chi connectivity index (χ2n) is 6.00. The van der Waals surface area contributed by atoms with Crippen molar-refractivity contribution in [3.8, 4) is 5.75 Å². The van der Waals surface area contributed by atoms with Gasteiger partial charge in [0.15, 0.2) is 0 Å². The molecule has 4 rings (SSSR count). The topological polar surface area (TPSA) is 98.7 Å². The predicted octanol–water partition coefficient (Wildman–Crippen LogP) is 2.28. The van der Waals surface area contributed by atoms with E-state index in [1.165, 1.54) is 23.1 Å². The van der Waals surface area contributed by atoms with Crippen molar-refractivity contribution in [3.05, 3.63) is 57.6 Å². The Bertz CT molecular complexity index is 994. The van der Waals surface area contributed by atoms with E-state index in [1.807, 2.05) is 0 Å². The van der Waals surface area contributed by atoms with Crippen LogP contribution in [0.3, 0.4) is 0 Å². The van der Waals surface area contributed by atoms with Crippen LogP contribution in [0.2, 0.25) is 10.0 Å². The summed E-state index contributed by atoms with van der Waals surface area (Å²) in [6.07, 6.45) is 0. The molecule has 1 atom stereocenters. The molecule has 1 saturated heterocycles. The van der Waals surface area contributed by atoms with Crippen LogP contribution in [-0.4, -0.2) is 23.0 Å². The van der Waals surface area contributed by atoms with E-state index in [0.29, 0.717) is 21.3 Å². The van der Waals surface area contributed by atoms with Crippen molar-refractivity contribution >= 4 is 46.7 Å². The number of benzene rings is 2. The van der Waals surface area contributed by atoms with Gasteiger partial charge in [-0.15, -0.1) is 0 Å². The van der Waals surface area contributed by atoms with E-state index < -0.39 is 23.4 Å². The lowest BCUT2D eigenvalue weighted by molar-refractivity contribution is -0.134. The third-order valence-electron chi connectivity index (χ3n) is 4.43. The lowest BCUT2D eigenvalue weighted by atomic mass is 9.91. The van der Waals surface area contributed by atoms with E-state index in [2.05, 4.69) is 10.6 Å². The Morgan fingerprint density at radius 3 is 2.46 bits per heavy atom. The molecule has 0 saturated carbocycles. The van der Waals surface area contributed by atoms with E-state index in [-0.39, 0.29) is 17.9 Å². The fourth-order valence-corrected chi connectivity index (χ4v) is 3.58. The molecule has 0 radical (unpaired) electrons. The average molecular weight is 392 g/mol. The highest BCUT2D eigenvalue weighted by molar-refractivity contribution is 6.42. The molecule has 2 aromatic rings. The second kappa shape index (κ2) is 5.62. The summed E-state index contributed by atoms with van der Waals surface area (Å²) < 4.78 is 0. The molecular formula is C17H11Cl2N3O4. The van der Waals surface area contributed by atoms with Crippen molar-refractivity contribution in [3.63, 3.8) is 0 Å². The number of phenolic OH excluding ortho intramolecular Hbond substituents is 1. The Morgan fingerprint density at radius 1 is 1.04 bits per heavy atom. The van der Waals surface area contributed by atoms with Crippen molar-refractivity contribution < 1.29 is 19.5 Å². The Hall–Kier alpha value is -2.77. The first kappa shape index (κ1) is 16.7. The fraction of sp³-hybridized carbons (Fsp3) is 0.118. The molecule has 2 aliphatic heterocycles. The SMILES string of the molecule is O=C1NC(=O)C2(N1)C(=O)N(Cc1ccc(Cl)c(Cl)c1)c1ccc(O)cc12. The Morgan fingerprint density at radius 2 is 1.81 bits per heavy atom. The highest BCUT2D eigenvalue weighted by Crippen LogP contribution is 2.44. The van der Waals surface area contributed by atoms with Gasteiger partial charge in [0.05, 0.1) is 22.3 Å². The van der Waals surface area contributed by atoms with Crippen molar-refractivity contribution in [1.29, 1.82) is 0 Å². The maximum absolute atomic E-state index is 13.1. The zero-order valence-electron chi connectivity index (χ0n) is 13.0. The number of carbonyl (C=O) groups excluding carboxylic acids is 3. The number of hydrogen-bond donors (Lipinski definition) is 3. The van der Waals surface area contributed by atoms with E-state index in [0.717, 1.165) is 0 Å². The zero-order chi connectivity index (χ0) is 18.6. The third kappa shape index (κ3) is 2.24. The predicted molar refractivity (Wildman–Crippen MR) is 94.1 cm³/mol. The molecule has 4 amide bonds. The normalized spacial score (nSPS) is 21.2. The molecule has 2 heterocycles. The maximum Gasteiger partial charge on any atom is 0.323 e. The minimum atomic E-state index is -1.89. The van der Waals surface area contributed by atoms with Crippen molar-refractivity contribution in [2.24, 2.45) is 0 Å². The van der Waals surface area contributed by atoms with Gasteiger partial charge >= 0.3 is 6.03 Å². The van der Waals surface area contributed by atoms with Gasteiger partial charge in [0.25, 0.3) is 11.8 Å². The molecule has 1 fully saturated rings. The zero-order valence-corrected chi connectivity index (χ0v) is 14.6. The van der Waals surface area contributed by atoms with Crippen LogP contribution < -0.4 is 15.5 Å². The van der Waals surface area contributed by atoms with Gasteiger partial charge in [-0.2, -0.15) is 0 Å². The summed E-state index contributed by atoms with van der Waals surface area (Å²) in [6.45, 7) is 0.110. The van der Waals surface area contributed by atoms with Crippen LogP contribution in [-0.2, 0) is 21.7 Å². The molecule has 1 spiro atoms. The van der Waals surface area contributed by atoms with E-state index in [9.17, 15) is 19.5 Å². The maximum atomic E-state index is 13.1. The molecule has 26 heavy (non-hydrogen) atoms. The molecule has 0 aliphatic carbocycles. The van der Waals surface area contributed by atoms with Gasteiger partial charge < -0.3 is 15.3 Å². The van der Waals surface area contributed by atoms with Crippen molar-refractivity contribution in [2.75, 3.05) is 4.90 Å². The van der Waals surface area contributed by atoms with Crippen LogP contribution in [0, 0.1) is 0 Å². The van der Waals surface area contributed by atoms with Crippen LogP contribution >= 0.6 is 23.2 Å². The number of rotatable bonds is 2. The summed E-state index contributed by atoms with van der Waals surface area (Å²) in [7, 11) is 0. The number of carbonyl (C=O) groups is 3. The van der Waals surface area contributed by atoms with Gasteiger partial charge in [0.1, 0.15) is 5.75 Å². The molecule has 3 N–H and O–H groups in total. The number of aromatic hydroxyl groups is 1. The Balaban J connectivity index is 1.82. The van der Waals surface area contributed by atoms with E-state index in [1.54, 1.807) is 18.2 Å². The van der Waals surface area contributed by atoms with Gasteiger partial charge in [0, 0.05) is 5.56 Å². The fourth-order valence-electron chi connectivity index (χ4n) is 3.26.